The average molecular weight is 215 g/mol. The first-order chi connectivity index (χ1) is 7.02. The summed E-state index contributed by atoms with van der Waals surface area (Å²) < 4.78 is 5.41. The van der Waals surface area contributed by atoms with Gasteiger partial charge in [-0.2, -0.15) is 0 Å². The fourth-order valence-electron chi connectivity index (χ4n) is 1.99. The van der Waals surface area contributed by atoms with E-state index < -0.39 is 5.60 Å². The van der Waals surface area contributed by atoms with E-state index in [-0.39, 0.29) is 5.92 Å². The zero-order valence-corrected chi connectivity index (χ0v) is 10.3. The maximum Gasteiger partial charge on any atom is 0.0793 e. The molecular formula is C12H25NO2. The molecule has 2 atom stereocenters. The first kappa shape index (κ1) is 12.9. The van der Waals surface area contributed by atoms with Crippen LogP contribution in [-0.2, 0) is 4.74 Å². The van der Waals surface area contributed by atoms with Crippen molar-refractivity contribution < 1.29 is 9.84 Å². The highest BCUT2D eigenvalue weighted by Gasteiger charge is 2.32. The van der Waals surface area contributed by atoms with E-state index in [4.69, 9.17) is 4.74 Å². The van der Waals surface area contributed by atoms with E-state index in [9.17, 15) is 5.11 Å². The summed E-state index contributed by atoms with van der Waals surface area (Å²) in [6.45, 7) is 9.45. The van der Waals surface area contributed by atoms with E-state index >= 15 is 0 Å². The van der Waals surface area contributed by atoms with Gasteiger partial charge in [0.2, 0.25) is 0 Å². The molecule has 1 saturated heterocycles. The third kappa shape index (κ3) is 4.49. The van der Waals surface area contributed by atoms with Gasteiger partial charge in [0.05, 0.1) is 12.2 Å². The fourth-order valence-corrected chi connectivity index (χ4v) is 1.99. The van der Waals surface area contributed by atoms with E-state index in [1.165, 1.54) is 0 Å². The van der Waals surface area contributed by atoms with Gasteiger partial charge in [-0.05, 0) is 32.2 Å². The number of hydrogen-bond acceptors (Lipinski definition) is 3. The summed E-state index contributed by atoms with van der Waals surface area (Å²) in [5, 5.41) is 13.6. The third-order valence-corrected chi connectivity index (χ3v) is 3.08. The molecule has 2 unspecified atom stereocenters. The molecule has 0 aromatic rings. The van der Waals surface area contributed by atoms with Crippen LogP contribution in [0.3, 0.4) is 0 Å². The largest absolute Gasteiger partial charge is 0.388 e. The van der Waals surface area contributed by atoms with Crippen molar-refractivity contribution in [3.8, 4) is 0 Å². The summed E-state index contributed by atoms with van der Waals surface area (Å²) in [6.07, 6.45) is 2.15. The Bertz CT molecular complexity index is 174. The van der Waals surface area contributed by atoms with Crippen molar-refractivity contribution in [1.29, 1.82) is 0 Å². The molecule has 1 heterocycles. The maximum atomic E-state index is 10.3. The van der Waals surface area contributed by atoms with Gasteiger partial charge in [-0.25, -0.2) is 0 Å². The lowest BCUT2D eigenvalue weighted by Gasteiger charge is -2.35. The topological polar surface area (TPSA) is 41.5 Å². The molecule has 90 valence electrons. The van der Waals surface area contributed by atoms with E-state index in [2.05, 4.69) is 19.2 Å². The van der Waals surface area contributed by atoms with Crippen LogP contribution in [0.4, 0.5) is 0 Å². The lowest BCUT2D eigenvalue weighted by atomic mass is 9.85. The van der Waals surface area contributed by atoms with Crippen LogP contribution in [0.25, 0.3) is 0 Å². The molecule has 0 radical (unpaired) electrons. The number of rotatable bonds is 5. The van der Waals surface area contributed by atoms with E-state index in [0.717, 1.165) is 26.0 Å². The number of aliphatic hydroxyl groups is 1. The van der Waals surface area contributed by atoms with Crippen LogP contribution < -0.4 is 5.32 Å². The van der Waals surface area contributed by atoms with Gasteiger partial charge in [-0.3, -0.25) is 0 Å². The molecule has 2 N–H and O–H groups in total. The Hall–Kier alpha value is -0.120. The van der Waals surface area contributed by atoms with Gasteiger partial charge >= 0.3 is 0 Å². The van der Waals surface area contributed by atoms with Crippen LogP contribution in [0.1, 0.15) is 33.6 Å². The lowest BCUT2D eigenvalue weighted by Crippen LogP contribution is -2.47. The molecule has 0 aromatic heterocycles. The monoisotopic (exact) mass is 215 g/mol. The zero-order chi connectivity index (χ0) is 11.3. The van der Waals surface area contributed by atoms with Crippen molar-refractivity contribution in [3.05, 3.63) is 0 Å². The smallest absolute Gasteiger partial charge is 0.0793 e. The van der Waals surface area contributed by atoms with Crippen LogP contribution >= 0.6 is 0 Å². The maximum absolute atomic E-state index is 10.3. The second kappa shape index (κ2) is 5.83. The molecule has 3 nitrogen and oxygen atoms in total. The molecule has 1 aliphatic rings. The molecule has 1 aliphatic heterocycles. The van der Waals surface area contributed by atoms with Crippen molar-refractivity contribution in [1.82, 2.24) is 5.32 Å². The quantitative estimate of drug-likeness (QED) is 0.728. The Balaban J connectivity index is 2.29. The van der Waals surface area contributed by atoms with Crippen molar-refractivity contribution in [2.45, 2.75) is 39.2 Å². The van der Waals surface area contributed by atoms with Crippen molar-refractivity contribution in [2.75, 3.05) is 26.3 Å². The molecule has 3 heteroatoms. The van der Waals surface area contributed by atoms with E-state index in [1.54, 1.807) is 0 Å². The highest BCUT2D eigenvalue weighted by atomic mass is 16.5. The van der Waals surface area contributed by atoms with Gasteiger partial charge in [-0.1, -0.05) is 13.8 Å². The predicted molar refractivity (Wildman–Crippen MR) is 61.9 cm³/mol. The molecule has 1 rings (SSSR count). The minimum Gasteiger partial charge on any atom is -0.388 e. The third-order valence-electron chi connectivity index (χ3n) is 3.08. The molecule has 15 heavy (non-hydrogen) atoms. The normalized spacial score (nSPS) is 26.6. The molecule has 0 amide bonds. The van der Waals surface area contributed by atoms with Crippen molar-refractivity contribution in [2.24, 2.45) is 11.8 Å². The van der Waals surface area contributed by atoms with Crippen LogP contribution in [-0.4, -0.2) is 37.0 Å². The molecule has 0 bridgehead atoms. The standard InChI is InChI=1S/C12H25NO2/c1-10(2)7-13-9-12(3,14)11-5-4-6-15-8-11/h10-11,13-14H,4-9H2,1-3H3. The van der Waals surface area contributed by atoms with Gasteiger partial charge in [0.15, 0.2) is 0 Å². The molecule has 1 fully saturated rings. The van der Waals surface area contributed by atoms with Crippen LogP contribution in [0.5, 0.6) is 0 Å². The summed E-state index contributed by atoms with van der Waals surface area (Å²) in [4.78, 5) is 0. The lowest BCUT2D eigenvalue weighted by molar-refractivity contribution is -0.0664. The summed E-state index contributed by atoms with van der Waals surface area (Å²) in [7, 11) is 0. The Kier molecular flexibility index (Phi) is 5.03. The van der Waals surface area contributed by atoms with Crippen molar-refractivity contribution >= 4 is 0 Å². The number of nitrogens with one attached hydrogen (secondary N) is 1. The van der Waals surface area contributed by atoms with Gasteiger partial charge < -0.3 is 15.2 Å². The minimum absolute atomic E-state index is 0.283. The van der Waals surface area contributed by atoms with Crippen LogP contribution in [0.2, 0.25) is 0 Å². The molecule has 0 aromatic carbocycles. The number of ether oxygens (including phenoxy) is 1. The summed E-state index contributed by atoms with van der Waals surface area (Å²) in [6, 6.07) is 0. The van der Waals surface area contributed by atoms with Crippen LogP contribution in [0, 0.1) is 11.8 Å². The zero-order valence-electron chi connectivity index (χ0n) is 10.3. The van der Waals surface area contributed by atoms with Gasteiger partial charge in [0.1, 0.15) is 0 Å². The van der Waals surface area contributed by atoms with Gasteiger partial charge in [-0.15, -0.1) is 0 Å². The van der Waals surface area contributed by atoms with Crippen molar-refractivity contribution in [3.63, 3.8) is 0 Å². The SMILES string of the molecule is CC(C)CNCC(C)(O)C1CCCOC1. The second-order valence-electron chi connectivity index (χ2n) is 5.30. The summed E-state index contributed by atoms with van der Waals surface area (Å²) in [5.74, 6) is 0.911. The Morgan fingerprint density at radius 1 is 1.53 bits per heavy atom. The summed E-state index contributed by atoms with van der Waals surface area (Å²) >= 11 is 0. The second-order valence-corrected chi connectivity index (χ2v) is 5.30. The highest BCUT2D eigenvalue weighted by molar-refractivity contribution is 4.85. The van der Waals surface area contributed by atoms with E-state index in [0.29, 0.717) is 19.1 Å². The Labute approximate surface area is 93.2 Å². The average Bonchev–Trinajstić information content (AvgIpc) is 2.18. The van der Waals surface area contributed by atoms with Gasteiger partial charge in [0.25, 0.3) is 0 Å². The number of hydrogen-bond donors (Lipinski definition) is 2. The van der Waals surface area contributed by atoms with E-state index in [1.807, 2.05) is 6.92 Å². The minimum atomic E-state index is -0.630. The Morgan fingerprint density at radius 2 is 2.27 bits per heavy atom. The predicted octanol–water partition coefficient (Wildman–Crippen LogP) is 1.41. The Morgan fingerprint density at radius 3 is 2.80 bits per heavy atom. The fraction of sp³-hybridized carbons (Fsp3) is 1.00. The first-order valence-electron chi connectivity index (χ1n) is 6.03. The first-order valence-corrected chi connectivity index (χ1v) is 6.03. The van der Waals surface area contributed by atoms with Crippen LogP contribution in [0.15, 0.2) is 0 Å². The molecule has 0 spiro atoms. The molecular weight excluding hydrogens is 190 g/mol. The molecule has 0 saturated carbocycles. The van der Waals surface area contributed by atoms with Gasteiger partial charge in [0, 0.05) is 19.1 Å². The summed E-state index contributed by atoms with van der Waals surface area (Å²) in [5.41, 5.74) is -0.630. The molecule has 0 aliphatic carbocycles. The highest BCUT2D eigenvalue weighted by Crippen LogP contribution is 2.25.